The fourth-order valence-electron chi connectivity index (χ4n) is 3.75. The second-order valence-corrected chi connectivity index (χ2v) is 8.17. The third kappa shape index (κ3) is 4.88. The van der Waals surface area contributed by atoms with Gasteiger partial charge in [0, 0.05) is 23.1 Å². The van der Waals surface area contributed by atoms with E-state index in [9.17, 15) is 9.59 Å². The summed E-state index contributed by atoms with van der Waals surface area (Å²) >= 11 is 6.17. The van der Waals surface area contributed by atoms with Crippen LogP contribution in [-0.2, 0) is 20.9 Å². The summed E-state index contributed by atoms with van der Waals surface area (Å²) in [5.41, 5.74) is 4.16. The molecule has 152 valence electrons. The molecule has 0 unspecified atom stereocenters. The maximum Gasteiger partial charge on any atom is 0.336 e. The van der Waals surface area contributed by atoms with Crippen molar-refractivity contribution in [2.75, 3.05) is 0 Å². The minimum atomic E-state index is -0.385. The van der Waals surface area contributed by atoms with Crippen LogP contribution in [0.3, 0.4) is 0 Å². The highest BCUT2D eigenvalue weighted by molar-refractivity contribution is 6.30. The van der Waals surface area contributed by atoms with E-state index in [1.54, 1.807) is 11.0 Å². The maximum atomic E-state index is 13.1. The number of amides is 1. The number of hydrogen-bond donors (Lipinski definition) is 0. The number of ether oxygens (including phenoxy) is 1. The van der Waals surface area contributed by atoms with E-state index in [2.05, 4.69) is 6.07 Å². The average Bonchev–Trinajstić information content (AvgIpc) is 2.64. The lowest BCUT2D eigenvalue weighted by Gasteiger charge is -2.35. The van der Waals surface area contributed by atoms with Gasteiger partial charge in [-0.05, 0) is 51.0 Å². The average molecular weight is 412 g/mol. The molecule has 1 heterocycles. The Bertz CT molecular complexity index is 964. The standard InChI is InChI=1S/C24H26ClNO3/c1-15(2)29-24(28)23-17(4)26(14-18-8-5-7-16(3)11-18)22(27)13-21(23)19-9-6-10-20(25)12-19/h5-12,15,21H,13-14H2,1-4H3/t21-/m0/s1. The van der Waals surface area contributed by atoms with Gasteiger partial charge in [0.25, 0.3) is 0 Å². The number of benzene rings is 2. The number of aryl methyl sites for hydroxylation is 1. The van der Waals surface area contributed by atoms with Crippen LogP contribution in [0.2, 0.25) is 5.02 Å². The zero-order chi connectivity index (χ0) is 21.1. The molecule has 5 heteroatoms. The van der Waals surface area contributed by atoms with Crippen LogP contribution in [0, 0.1) is 6.92 Å². The largest absolute Gasteiger partial charge is 0.460 e. The molecule has 1 aliphatic heterocycles. The van der Waals surface area contributed by atoms with Gasteiger partial charge in [-0.15, -0.1) is 0 Å². The summed E-state index contributed by atoms with van der Waals surface area (Å²) in [5, 5.41) is 0.575. The van der Waals surface area contributed by atoms with Crippen LogP contribution in [0.5, 0.6) is 0 Å². The number of carbonyl (C=O) groups excluding carboxylic acids is 2. The highest BCUT2D eigenvalue weighted by Crippen LogP contribution is 2.38. The number of hydrogen-bond acceptors (Lipinski definition) is 3. The lowest BCUT2D eigenvalue weighted by Crippen LogP contribution is -2.38. The normalized spacial score (nSPS) is 17.1. The molecule has 0 bridgehead atoms. The Labute approximate surface area is 177 Å². The number of rotatable bonds is 5. The molecule has 29 heavy (non-hydrogen) atoms. The molecule has 0 saturated carbocycles. The minimum Gasteiger partial charge on any atom is -0.460 e. The maximum absolute atomic E-state index is 13.1. The molecule has 0 radical (unpaired) electrons. The molecule has 0 N–H and O–H groups in total. The van der Waals surface area contributed by atoms with Crippen molar-refractivity contribution >= 4 is 23.5 Å². The molecule has 0 spiro atoms. The summed E-state index contributed by atoms with van der Waals surface area (Å²) < 4.78 is 5.53. The van der Waals surface area contributed by atoms with Gasteiger partial charge < -0.3 is 9.64 Å². The topological polar surface area (TPSA) is 46.6 Å². The van der Waals surface area contributed by atoms with Crippen LogP contribution in [0.15, 0.2) is 59.8 Å². The molecular weight excluding hydrogens is 386 g/mol. The van der Waals surface area contributed by atoms with Gasteiger partial charge in [-0.25, -0.2) is 4.79 Å². The predicted octanol–water partition coefficient (Wildman–Crippen LogP) is 5.39. The van der Waals surface area contributed by atoms with Crippen molar-refractivity contribution in [3.63, 3.8) is 0 Å². The summed E-state index contributed by atoms with van der Waals surface area (Å²) in [7, 11) is 0. The van der Waals surface area contributed by atoms with Crippen LogP contribution in [-0.4, -0.2) is 22.9 Å². The number of halogens is 1. The van der Waals surface area contributed by atoms with E-state index >= 15 is 0 Å². The monoisotopic (exact) mass is 411 g/mol. The van der Waals surface area contributed by atoms with E-state index < -0.39 is 0 Å². The molecule has 0 fully saturated rings. The molecule has 2 aromatic rings. The Morgan fingerprint density at radius 3 is 2.55 bits per heavy atom. The van der Waals surface area contributed by atoms with Gasteiger partial charge >= 0.3 is 5.97 Å². The molecule has 3 rings (SSSR count). The van der Waals surface area contributed by atoms with Crippen molar-refractivity contribution in [1.29, 1.82) is 0 Å². The third-order valence-electron chi connectivity index (χ3n) is 5.06. The van der Waals surface area contributed by atoms with Gasteiger partial charge in [-0.1, -0.05) is 53.6 Å². The van der Waals surface area contributed by atoms with E-state index in [1.165, 1.54) is 0 Å². The second kappa shape index (κ2) is 8.83. The van der Waals surface area contributed by atoms with Gasteiger partial charge in [0.1, 0.15) is 0 Å². The Morgan fingerprint density at radius 1 is 1.17 bits per heavy atom. The van der Waals surface area contributed by atoms with Gasteiger partial charge in [0.05, 0.1) is 18.2 Å². The summed E-state index contributed by atoms with van der Waals surface area (Å²) in [6, 6.07) is 15.4. The van der Waals surface area contributed by atoms with Gasteiger partial charge in [0.15, 0.2) is 0 Å². The van der Waals surface area contributed by atoms with Crippen molar-refractivity contribution in [2.24, 2.45) is 0 Å². The third-order valence-corrected chi connectivity index (χ3v) is 5.29. The van der Waals surface area contributed by atoms with Gasteiger partial charge in [0.2, 0.25) is 5.91 Å². The SMILES string of the molecule is CC1=C(C(=O)OC(C)C)[C@H](c2cccc(Cl)c2)CC(=O)N1Cc1cccc(C)c1. The highest BCUT2D eigenvalue weighted by atomic mass is 35.5. The molecule has 0 aromatic heterocycles. The lowest BCUT2D eigenvalue weighted by molar-refractivity contribution is -0.143. The summed E-state index contributed by atoms with van der Waals surface area (Å²) in [6.07, 6.45) is -0.0443. The Morgan fingerprint density at radius 2 is 1.90 bits per heavy atom. The van der Waals surface area contributed by atoms with Crippen molar-refractivity contribution in [1.82, 2.24) is 4.90 Å². The van der Waals surface area contributed by atoms with E-state index in [4.69, 9.17) is 16.3 Å². The first-order valence-corrected chi connectivity index (χ1v) is 10.2. The molecule has 1 aliphatic rings. The second-order valence-electron chi connectivity index (χ2n) is 7.73. The molecule has 4 nitrogen and oxygen atoms in total. The zero-order valence-electron chi connectivity index (χ0n) is 17.2. The van der Waals surface area contributed by atoms with Crippen molar-refractivity contribution in [2.45, 2.75) is 52.7 Å². The molecule has 0 saturated heterocycles. The van der Waals surface area contributed by atoms with Crippen LogP contribution >= 0.6 is 11.6 Å². The van der Waals surface area contributed by atoms with Crippen LogP contribution < -0.4 is 0 Å². The number of carbonyl (C=O) groups is 2. The number of allylic oxidation sites excluding steroid dienone is 1. The van der Waals surface area contributed by atoms with E-state index in [1.807, 2.05) is 64.1 Å². The van der Waals surface area contributed by atoms with Gasteiger partial charge in [-0.3, -0.25) is 4.79 Å². The molecule has 1 atom stereocenters. The minimum absolute atomic E-state index is 0.0184. The van der Waals surface area contributed by atoms with Crippen LogP contribution in [0.1, 0.15) is 49.8 Å². The first kappa shape index (κ1) is 21.1. The van der Waals surface area contributed by atoms with Crippen molar-refractivity contribution in [3.8, 4) is 0 Å². The van der Waals surface area contributed by atoms with Crippen molar-refractivity contribution in [3.05, 3.63) is 81.5 Å². The summed E-state index contributed by atoms with van der Waals surface area (Å²) in [6.45, 7) is 7.90. The molecular formula is C24H26ClNO3. The summed E-state index contributed by atoms with van der Waals surface area (Å²) in [4.78, 5) is 27.7. The molecule has 1 amide bonds. The smallest absolute Gasteiger partial charge is 0.336 e. The van der Waals surface area contributed by atoms with Crippen LogP contribution in [0.4, 0.5) is 0 Å². The number of esters is 1. The molecule has 0 aliphatic carbocycles. The predicted molar refractivity (Wildman–Crippen MR) is 114 cm³/mol. The molecule has 2 aromatic carbocycles. The van der Waals surface area contributed by atoms with E-state index in [-0.39, 0.29) is 30.3 Å². The van der Waals surface area contributed by atoms with Crippen molar-refractivity contribution < 1.29 is 14.3 Å². The first-order chi connectivity index (χ1) is 13.8. The Hall–Kier alpha value is -2.59. The highest BCUT2D eigenvalue weighted by Gasteiger charge is 2.37. The van der Waals surface area contributed by atoms with E-state index in [0.717, 1.165) is 16.7 Å². The Kier molecular flexibility index (Phi) is 6.43. The number of nitrogens with zero attached hydrogens (tertiary/aromatic N) is 1. The van der Waals surface area contributed by atoms with Gasteiger partial charge in [-0.2, -0.15) is 0 Å². The summed E-state index contributed by atoms with van der Waals surface area (Å²) in [5.74, 6) is -0.777. The Balaban J connectivity index is 2.04. The first-order valence-electron chi connectivity index (χ1n) is 9.79. The lowest BCUT2D eigenvalue weighted by atomic mass is 9.83. The van der Waals surface area contributed by atoms with E-state index in [0.29, 0.717) is 22.8 Å². The fourth-order valence-corrected chi connectivity index (χ4v) is 3.95. The van der Waals surface area contributed by atoms with Crippen LogP contribution in [0.25, 0.3) is 0 Å². The zero-order valence-corrected chi connectivity index (χ0v) is 18.0. The quantitative estimate of drug-likeness (QED) is 0.619. The fraction of sp³-hybridized carbons (Fsp3) is 0.333.